The second-order valence-corrected chi connectivity index (χ2v) is 9.19. The van der Waals surface area contributed by atoms with Crippen LogP contribution in [0.25, 0.3) is 10.8 Å². The van der Waals surface area contributed by atoms with E-state index >= 15 is 0 Å². The molecule has 0 saturated carbocycles. The fraction of sp³-hybridized carbons (Fsp3) is 0.185. The van der Waals surface area contributed by atoms with Crippen LogP contribution >= 0.6 is 11.3 Å². The average Bonchev–Trinajstić information content (AvgIpc) is 3.31. The van der Waals surface area contributed by atoms with E-state index in [1.54, 1.807) is 11.3 Å². The third-order valence-corrected chi connectivity index (χ3v) is 7.02. The molecule has 0 unspecified atom stereocenters. The van der Waals surface area contributed by atoms with Gasteiger partial charge >= 0.3 is 0 Å². The van der Waals surface area contributed by atoms with Crippen LogP contribution in [0.15, 0.2) is 72.1 Å². The van der Waals surface area contributed by atoms with Gasteiger partial charge in [0, 0.05) is 23.7 Å². The predicted molar refractivity (Wildman–Crippen MR) is 132 cm³/mol. The van der Waals surface area contributed by atoms with Crippen LogP contribution in [0, 0.1) is 6.92 Å². The number of fused-ring (bicyclic) bond motifs is 2. The van der Waals surface area contributed by atoms with E-state index in [1.165, 1.54) is 10.4 Å². The molecule has 1 aromatic heterocycles. The summed E-state index contributed by atoms with van der Waals surface area (Å²) in [5.41, 5.74) is 3.34. The minimum Gasteiger partial charge on any atom is -0.483 e. The van der Waals surface area contributed by atoms with E-state index < -0.39 is 0 Å². The molecule has 2 amide bonds. The van der Waals surface area contributed by atoms with E-state index in [2.05, 4.69) is 16.8 Å². The van der Waals surface area contributed by atoms with Gasteiger partial charge in [0.2, 0.25) is 0 Å². The van der Waals surface area contributed by atoms with Crippen molar-refractivity contribution in [3.63, 3.8) is 0 Å². The Morgan fingerprint density at radius 2 is 1.79 bits per heavy atom. The van der Waals surface area contributed by atoms with E-state index in [-0.39, 0.29) is 18.4 Å². The molecule has 6 heteroatoms. The highest BCUT2D eigenvalue weighted by molar-refractivity contribution is 7.10. The lowest BCUT2D eigenvalue weighted by Crippen LogP contribution is -2.38. The Morgan fingerprint density at radius 1 is 1.03 bits per heavy atom. The summed E-state index contributed by atoms with van der Waals surface area (Å²) in [6.07, 6.45) is 0.874. The minimum atomic E-state index is -0.265. The number of amides is 2. The molecule has 0 aliphatic carbocycles. The molecular weight excluding hydrogens is 432 g/mol. The Kier molecular flexibility index (Phi) is 5.84. The van der Waals surface area contributed by atoms with Crippen LogP contribution in [0.1, 0.15) is 26.4 Å². The number of para-hydroxylation sites is 1. The van der Waals surface area contributed by atoms with Crippen LogP contribution in [0.4, 0.5) is 5.69 Å². The molecule has 0 fully saturated rings. The van der Waals surface area contributed by atoms with Crippen molar-refractivity contribution in [3.05, 3.63) is 93.7 Å². The van der Waals surface area contributed by atoms with Crippen molar-refractivity contribution in [3.8, 4) is 5.75 Å². The molecule has 33 heavy (non-hydrogen) atoms. The summed E-state index contributed by atoms with van der Waals surface area (Å²) >= 11 is 1.74. The first-order valence-electron chi connectivity index (χ1n) is 10.9. The topological polar surface area (TPSA) is 58.6 Å². The largest absolute Gasteiger partial charge is 0.483 e. The van der Waals surface area contributed by atoms with Crippen LogP contribution in [0.3, 0.4) is 0 Å². The molecule has 0 atom stereocenters. The molecule has 5 rings (SSSR count). The molecule has 4 aromatic rings. The number of benzene rings is 3. The van der Waals surface area contributed by atoms with Gasteiger partial charge in [-0.3, -0.25) is 9.59 Å². The summed E-state index contributed by atoms with van der Waals surface area (Å²) in [4.78, 5) is 29.3. The fourth-order valence-electron chi connectivity index (χ4n) is 4.11. The minimum absolute atomic E-state index is 0.0785. The number of carbonyl (C=O) groups excluding carboxylic acids is 2. The molecule has 3 aromatic carbocycles. The molecule has 0 bridgehead atoms. The van der Waals surface area contributed by atoms with E-state index in [0.717, 1.165) is 28.4 Å². The number of hydrogen-bond donors (Lipinski definition) is 1. The monoisotopic (exact) mass is 456 g/mol. The van der Waals surface area contributed by atoms with E-state index in [1.807, 2.05) is 72.5 Å². The highest BCUT2D eigenvalue weighted by Gasteiger charge is 2.23. The number of hydrogen-bond acceptors (Lipinski definition) is 4. The lowest BCUT2D eigenvalue weighted by molar-refractivity contribution is -0.134. The molecule has 2 heterocycles. The average molecular weight is 457 g/mol. The second kappa shape index (κ2) is 9.08. The van der Waals surface area contributed by atoms with Gasteiger partial charge in [0.15, 0.2) is 6.61 Å². The van der Waals surface area contributed by atoms with Gasteiger partial charge in [-0.2, -0.15) is 0 Å². The number of carbonyl (C=O) groups is 2. The van der Waals surface area contributed by atoms with Crippen LogP contribution < -0.4 is 10.1 Å². The van der Waals surface area contributed by atoms with Gasteiger partial charge in [-0.15, -0.1) is 11.3 Å². The Bertz CT molecular complexity index is 1340. The zero-order valence-electron chi connectivity index (χ0n) is 18.3. The van der Waals surface area contributed by atoms with Crippen molar-refractivity contribution in [1.82, 2.24) is 4.90 Å². The third kappa shape index (κ3) is 4.47. The van der Waals surface area contributed by atoms with Crippen LogP contribution in [0.5, 0.6) is 5.75 Å². The molecule has 0 saturated heterocycles. The van der Waals surface area contributed by atoms with Gasteiger partial charge < -0.3 is 15.0 Å². The summed E-state index contributed by atoms with van der Waals surface area (Å²) in [6.45, 7) is 3.14. The number of aryl methyl sites for hydroxylation is 1. The van der Waals surface area contributed by atoms with E-state index in [0.29, 0.717) is 24.4 Å². The molecule has 166 valence electrons. The van der Waals surface area contributed by atoms with Gasteiger partial charge in [0.1, 0.15) is 5.75 Å². The van der Waals surface area contributed by atoms with Gasteiger partial charge in [-0.25, -0.2) is 0 Å². The lowest BCUT2D eigenvalue weighted by Gasteiger charge is -2.27. The smallest absolute Gasteiger partial charge is 0.260 e. The van der Waals surface area contributed by atoms with Gasteiger partial charge in [0.05, 0.1) is 5.56 Å². The Hall–Kier alpha value is -3.64. The maximum absolute atomic E-state index is 13.2. The maximum Gasteiger partial charge on any atom is 0.260 e. The van der Waals surface area contributed by atoms with Gasteiger partial charge in [-0.1, -0.05) is 42.5 Å². The first-order valence-corrected chi connectivity index (χ1v) is 11.8. The standard InChI is InChI=1S/C27H24N2O3S/c1-18-6-2-5-9-23(18)28-27(31)22-14-19-7-3-4-8-20(19)15-24(22)32-17-26(30)29-12-10-25-21(16-29)11-13-33-25/h2-9,11,13-15H,10,12,16-17H2,1H3,(H,28,31). The number of nitrogens with one attached hydrogen (secondary N) is 1. The Morgan fingerprint density at radius 3 is 2.61 bits per heavy atom. The van der Waals surface area contributed by atoms with E-state index in [4.69, 9.17) is 4.74 Å². The number of nitrogens with zero attached hydrogens (tertiary/aromatic N) is 1. The van der Waals surface area contributed by atoms with Gasteiger partial charge in [0.25, 0.3) is 11.8 Å². The van der Waals surface area contributed by atoms with Crippen molar-refractivity contribution < 1.29 is 14.3 Å². The summed E-state index contributed by atoms with van der Waals surface area (Å²) in [6, 6.07) is 21.2. The maximum atomic E-state index is 13.2. The number of ether oxygens (including phenoxy) is 1. The van der Waals surface area contributed by atoms with Crippen molar-refractivity contribution >= 4 is 39.6 Å². The summed E-state index contributed by atoms with van der Waals surface area (Å²) in [5, 5.41) is 6.94. The first kappa shape index (κ1) is 21.2. The van der Waals surface area contributed by atoms with Crippen molar-refractivity contribution in [1.29, 1.82) is 0 Å². The highest BCUT2D eigenvalue weighted by atomic mass is 32.1. The molecule has 1 N–H and O–H groups in total. The summed E-state index contributed by atoms with van der Waals surface area (Å²) < 4.78 is 5.97. The Labute approximate surface area is 196 Å². The lowest BCUT2D eigenvalue weighted by atomic mass is 10.0. The van der Waals surface area contributed by atoms with Gasteiger partial charge in [-0.05, 0) is 64.9 Å². The highest BCUT2D eigenvalue weighted by Crippen LogP contribution is 2.28. The van der Waals surface area contributed by atoms with Crippen LogP contribution in [-0.4, -0.2) is 29.9 Å². The second-order valence-electron chi connectivity index (χ2n) is 8.19. The van der Waals surface area contributed by atoms with Crippen molar-refractivity contribution in [2.45, 2.75) is 19.9 Å². The number of rotatable bonds is 5. The van der Waals surface area contributed by atoms with Crippen LogP contribution in [-0.2, 0) is 17.8 Å². The molecule has 0 spiro atoms. The number of anilines is 1. The summed E-state index contributed by atoms with van der Waals surface area (Å²) in [7, 11) is 0. The summed E-state index contributed by atoms with van der Waals surface area (Å²) in [5.74, 6) is 0.0602. The molecule has 5 nitrogen and oxygen atoms in total. The zero-order valence-corrected chi connectivity index (χ0v) is 19.2. The molecular formula is C27H24N2O3S. The third-order valence-electron chi connectivity index (χ3n) is 6.00. The molecule has 1 aliphatic rings. The van der Waals surface area contributed by atoms with E-state index in [9.17, 15) is 9.59 Å². The van der Waals surface area contributed by atoms with Crippen LogP contribution in [0.2, 0.25) is 0 Å². The molecule has 0 radical (unpaired) electrons. The normalized spacial score (nSPS) is 12.9. The SMILES string of the molecule is Cc1ccccc1NC(=O)c1cc2ccccc2cc1OCC(=O)N1CCc2sccc2C1. The first-order chi connectivity index (χ1) is 16.1. The number of thiophene rings is 1. The van der Waals surface area contributed by atoms with Crippen molar-refractivity contribution in [2.75, 3.05) is 18.5 Å². The zero-order chi connectivity index (χ0) is 22.8. The Balaban J connectivity index is 1.38. The quantitative estimate of drug-likeness (QED) is 0.436. The predicted octanol–water partition coefficient (Wildman–Crippen LogP) is 5.43. The fourth-order valence-corrected chi connectivity index (χ4v) is 5.00. The molecule has 1 aliphatic heterocycles. The van der Waals surface area contributed by atoms with Crippen molar-refractivity contribution in [2.24, 2.45) is 0 Å².